The molecular weight excluding hydrogens is 999 g/mol. The summed E-state index contributed by atoms with van der Waals surface area (Å²) in [5.41, 5.74) is 10.4. The number of hydrogen-bond acceptors (Lipinski definition) is 6. The van der Waals surface area contributed by atoms with Gasteiger partial charge in [-0.05, 0) is 85.0 Å². The fraction of sp³-hybridized carbons (Fsp3) is 0.157. The molecule has 9 heteroatoms. The Kier molecular flexibility index (Phi) is 29.1. The molecular formula is C51H59N7Nd2-2. The fourth-order valence-electron chi connectivity index (χ4n) is 5.53. The number of hydrogen-bond donors (Lipinski definition) is 6. The normalized spacial score (nSPS) is 14.8. The van der Waals surface area contributed by atoms with Crippen LogP contribution in [0.2, 0.25) is 0 Å². The zero-order valence-corrected chi connectivity index (χ0v) is 41.4. The Morgan fingerprint density at radius 2 is 0.717 bits per heavy atom. The summed E-state index contributed by atoms with van der Waals surface area (Å²) in [6, 6.07) is 50.9. The molecule has 5 aromatic rings. The molecule has 0 aromatic heterocycles. The topological polar surface area (TPSA) is 86.3 Å². The van der Waals surface area contributed by atoms with Crippen LogP contribution in [0.25, 0.3) is 5.32 Å². The Balaban J connectivity index is 0.000000328. The molecule has 308 valence electrons. The van der Waals surface area contributed by atoms with Crippen LogP contribution in [0.1, 0.15) is 18.4 Å². The first-order valence-electron chi connectivity index (χ1n) is 19.8. The molecule has 0 atom stereocenters. The second-order valence-electron chi connectivity index (χ2n) is 13.2. The Morgan fingerprint density at radius 3 is 0.983 bits per heavy atom. The quantitative estimate of drug-likeness (QED) is 0.0699. The van der Waals surface area contributed by atoms with Crippen molar-refractivity contribution in [3.8, 4) is 0 Å². The van der Waals surface area contributed by atoms with Crippen LogP contribution in [0, 0.1) is 88.6 Å². The third kappa shape index (κ3) is 23.6. The van der Waals surface area contributed by atoms with Crippen LogP contribution in [-0.2, 0) is 0 Å². The van der Waals surface area contributed by atoms with Crippen LogP contribution in [0.3, 0.4) is 0 Å². The Labute approximate surface area is 425 Å². The van der Waals surface area contributed by atoms with Gasteiger partial charge in [-0.15, -0.1) is 12.1 Å². The number of rotatable bonds is 12. The number of anilines is 4. The molecule has 0 aliphatic carbocycles. The summed E-state index contributed by atoms with van der Waals surface area (Å²) >= 11 is 0. The van der Waals surface area contributed by atoms with Gasteiger partial charge >= 0.3 is 0 Å². The van der Waals surface area contributed by atoms with E-state index in [1.807, 2.05) is 103 Å². The van der Waals surface area contributed by atoms with Gasteiger partial charge in [-0.1, -0.05) is 91.0 Å². The van der Waals surface area contributed by atoms with Crippen molar-refractivity contribution in [3.63, 3.8) is 0 Å². The minimum absolute atomic E-state index is 0. The van der Waals surface area contributed by atoms with Gasteiger partial charge in [-0.25, -0.2) is 0 Å². The predicted octanol–water partition coefficient (Wildman–Crippen LogP) is 11.5. The van der Waals surface area contributed by atoms with Gasteiger partial charge in [0.05, 0.1) is 0 Å². The second kappa shape index (κ2) is 33.6. The van der Waals surface area contributed by atoms with Crippen LogP contribution >= 0.6 is 0 Å². The molecule has 7 nitrogen and oxygen atoms in total. The molecule has 0 spiro atoms. The van der Waals surface area contributed by atoms with Crippen molar-refractivity contribution < 1.29 is 81.7 Å². The molecule has 0 unspecified atom stereocenters. The van der Waals surface area contributed by atoms with Crippen molar-refractivity contribution in [2.24, 2.45) is 0 Å². The van der Waals surface area contributed by atoms with Crippen LogP contribution < -0.4 is 31.9 Å². The third-order valence-corrected chi connectivity index (χ3v) is 8.38. The summed E-state index contributed by atoms with van der Waals surface area (Å²) in [6.07, 6.45) is 19.3. The molecule has 0 bridgehead atoms. The van der Waals surface area contributed by atoms with Gasteiger partial charge in [0, 0.05) is 166 Å². The first-order valence-corrected chi connectivity index (χ1v) is 19.8. The molecule has 2 aliphatic rings. The van der Waals surface area contributed by atoms with Crippen molar-refractivity contribution in [1.29, 1.82) is 0 Å². The zero-order chi connectivity index (χ0) is 40.7. The average Bonchev–Trinajstić information content (AvgIpc) is 3.27. The van der Waals surface area contributed by atoms with E-state index >= 15 is 0 Å². The zero-order valence-electron chi connectivity index (χ0n) is 34.9. The maximum Gasteiger partial charge on any atom is 0.0355 e. The summed E-state index contributed by atoms with van der Waals surface area (Å²) in [5, 5.41) is 24.0. The Bertz CT molecular complexity index is 1890. The van der Waals surface area contributed by atoms with Crippen molar-refractivity contribution in [1.82, 2.24) is 10.6 Å². The molecule has 0 amide bonds. The van der Waals surface area contributed by atoms with E-state index in [-0.39, 0.29) is 81.7 Å². The smallest absolute Gasteiger partial charge is 0.0355 e. The van der Waals surface area contributed by atoms with Gasteiger partial charge in [-0.2, -0.15) is 38.7 Å². The third-order valence-electron chi connectivity index (χ3n) is 8.38. The van der Waals surface area contributed by atoms with Crippen LogP contribution in [-0.4, -0.2) is 40.3 Å². The van der Waals surface area contributed by atoms with Crippen LogP contribution in [0.4, 0.5) is 22.7 Å². The first-order chi connectivity index (χ1) is 28.6. The van der Waals surface area contributed by atoms with Gasteiger partial charge in [0.1, 0.15) is 0 Å². The fourth-order valence-corrected chi connectivity index (χ4v) is 5.53. The Morgan fingerprint density at radius 1 is 0.450 bits per heavy atom. The maximum absolute atomic E-state index is 3.72. The summed E-state index contributed by atoms with van der Waals surface area (Å²) in [6.45, 7) is 6.95. The van der Waals surface area contributed by atoms with E-state index in [1.165, 1.54) is 11.4 Å². The molecule has 60 heavy (non-hydrogen) atoms. The molecule has 7 rings (SSSR count). The molecule has 5 aromatic carbocycles. The molecule has 2 heterocycles. The van der Waals surface area contributed by atoms with Gasteiger partial charge in [-0.3, -0.25) is 0 Å². The minimum atomic E-state index is 0. The molecule has 0 radical (unpaired) electrons. The summed E-state index contributed by atoms with van der Waals surface area (Å²) in [4.78, 5) is 0. The number of nitrogens with zero attached hydrogens (tertiary/aromatic N) is 1. The number of benzene rings is 5. The van der Waals surface area contributed by atoms with E-state index in [1.54, 1.807) is 14.1 Å². The van der Waals surface area contributed by atoms with Gasteiger partial charge in [0.15, 0.2) is 0 Å². The van der Waals surface area contributed by atoms with Crippen molar-refractivity contribution >= 4 is 22.7 Å². The number of nitrogens with one attached hydrogen (secondary N) is 6. The number of allylic oxidation sites excluding steroid dienone is 4. The van der Waals surface area contributed by atoms with Crippen molar-refractivity contribution in [3.05, 3.63) is 241 Å². The van der Waals surface area contributed by atoms with Crippen molar-refractivity contribution in [2.45, 2.75) is 12.8 Å². The number of para-hydroxylation sites is 4. The molecule has 0 fully saturated rings. The molecule has 6 N–H and O–H groups in total. The van der Waals surface area contributed by atoms with Crippen LogP contribution in [0.5, 0.6) is 0 Å². The summed E-state index contributed by atoms with van der Waals surface area (Å²) in [5.74, 6) is 0. The minimum Gasteiger partial charge on any atom is -0.668 e. The van der Waals surface area contributed by atoms with Crippen LogP contribution in [0.15, 0.2) is 223 Å². The van der Waals surface area contributed by atoms with E-state index in [0.717, 1.165) is 78.7 Å². The first kappa shape index (κ1) is 52.0. The van der Waals surface area contributed by atoms with E-state index in [2.05, 4.69) is 141 Å². The average molecular weight is 1060 g/mol. The monoisotopic (exact) mass is 1050 g/mol. The van der Waals surface area contributed by atoms with Crippen molar-refractivity contribution in [2.75, 3.05) is 61.5 Å². The Hall–Kier alpha value is -4.13. The van der Waals surface area contributed by atoms with E-state index in [0.29, 0.717) is 0 Å². The van der Waals surface area contributed by atoms with Gasteiger partial charge in [0.25, 0.3) is 0 Å². The molecule has 0 saturated heterocycles. The summed E-state index contributed by atoms with van der Waals surface area (Å²) < 4.78 is 0. The largest absolute Gasteiger partial charge is 0.668 e. The van der Waals surface area contributed by atoms with E-state index in [4.69, 9.17) is 0 Å². The van der Waals surface area contributed by atoms with Gasteiger partial charge in [0.2, 0.25) is 0 Å². The molecule has 2 aliphatic heterocycles. The SMILES string of the molecule is C1=CC(=CCNc2ccccc2)NC(=CCNc2ccccc2)C1.C1=CC(=CCNc2ccccc2)NC(=CCNc2ccccc2)C1.C[N-]C.[CH2-]c1ccccc1.[Nd].[Nd]. The second-order valence-corrected chi connectivity index (χ2v) is 13.2. The maximum atomic E-state index is 3.72. The van der Waals surface area contributed by atoms with E-state index < -0.39 is 0 Å². The van der Waals surface area contributed by atoms with E-state index in [9.17, 15) is 0 Å². The predicted molar refractivity (Wildman–Crippen MR) is 252 cm³/mol. The summed E-state index contributed by atoms with van der Waals surface area (Å²) in [7, 11) is 3.50. The van der Waals surface area contributed by atoms with Gasteiger partial charge < -0.3 is 37.2 Å². The standard InChI is InChI=1S/2C21H23N3.C7H7.C2H6N.2Nd/c2*1-3-8-18(9-4-1)22-16-14-20-12-7-13-21(24-20)15-17-23-19-10-5-2-6-11-19;1-7-5-3-2-4-6-7;1-3-2;;/h2*1-12,14-15,22-24H,13,16-17H2;2-6H,1H2;1-2H3;;/q;;2*-1;;. The molecule has 0 saturated carbocycles.